The van der Waals surface area contributed by atoms with Crippen molar-refractivity contribution in [2.24, 2.45) is 0 Å². The van der Waals surface area contributed by atoms with Crippen molar-refractivity contribution in [3.05, 3.63) is 52.9 Å². The summed E-state index contributed by atoms with van der Waals surface area (Å²) < 4.78 is 16.2. The minimum Gasteiger partial charge on any atom is -0.462 e. The average Bonchev–Trinajstić information content (AvgIpc) is 2.68. The standard InChI is InChI=1S/C19H18O8/c20-8-14-15(21)16(22)17(23)19(27-14)25-9-5-6-11-10-3-1-2-4-12(10)18(24)26-13(11)7-9/h1-7,14-17,19-23H,8H2/t14-,15-,16+,17-,19+/m1/s1. The summed E-state index contributed by atoms with van der Waals surface area (Å²) in [6.07, 6.45) is -6.92. The molecule has 4 N–H and O–H groups in total. The third-order valence-electron chi connectivity index (χ3n) is 4.69. The van der Waals surface area contributed by atoms with Crippen LogP contribution in [0.1, 0.15) is 0 Å². The van der Waals surface area contributed by atoms with Crippen LogP contribution in [0.25, 0.3) is 21.7 Å². The van der Waals surface area contributed by atoms with E-state index in [1.165, 1.54) is 6.07 Å². The lowest BCUT2D eigenvalue weighted by Crippen LogP contribution is -2.60. The SMILES string of the molecule is O=c1oc2cc(O[C@H]3O[C@H](CO)[C@@H](O)[C@H](O)[C@H]3O)ccc2c2ccccc12. The van der Waals surface area contributed by atoms with Crippen LogP contribution in [-0.2, 0) is 4.74 Å². The lowest BCUT2D eigenvalue weighted by atomic mass is 9.99. The summed E-state index contributed by atoms with van der Waals surface area (Å²) >= 11 is 0. The Morgan fingerprint density at radius 1 is 0.926 bits per heavy atom. The molecule has 3 aromatic rings. The van der Waals surface area contributed by atoms with Gasteiger partial charge in [-0.1, -0.05) is 18.2 Å². The molecule has 1 aliphatic heterocycles. The monoisotopic (exact) mass is 374 g/mol. The van der Waals surface area contributed by atoms with E-state index < -0.39 is 42.9 Å². The Labute approximate surface area is 152 Å². The maximum absolute atomic E-state index is 12.1. The first-order valence-electron chi connectivity index (χ1n) is 8.42. The average molecular weight is 374 g/mol. The van der Waals surface area contributed by atoms with Crippen LogP contribution in [0.15, 0.2) is 51.7 Å². The minimum atomic E-state index is -1.54. The Balaban J connectivity index is 1.68. The van der Waals surface area contributed by atoms with Gasteiger partial charge in [-0.2, -0.15) is 0 Å². The van der Waals surface area contributed by atoms with Crippen molar-refractivity contribution in [2.75, 3.05) is 6.61 Å². The van der Waals surface area contributed by atoms with E-state index in [1.54, 1.807) is 24.3 Å². The van der Waals surface area contributed by atoms with E-state index in [0.29, 0.717) is 16.4 Å². The molecule has 2 heterocycles. The molecular weight excluding hydrogens is 356 g/mol. The first kappa shape index (κ1) is 17.9. The van der Waals surface area contributed by atoms with Crippen molar-refractivity contribution < 1.29 is 34.3 Å². The van der Waals surface area contributed by atoms with Gasteiger partial charge in [0.25, 0.3) is 0 Å². The van der Waals surface area contributed by atoms with Crippen LogP contribution in [0.2, 0.25) is 0 Å². The molecule has 4 rings (SSSR count). The minimum absolute atomic E-state index is 0.227. The van der Waals surface area contributed by atoms with E-state index in [0.717, 1.165) is 5.39 Å². The van der Waals surface area contributed by atoms with Crippen molar-refractivity contribution in [1.29, 1.82) is 0 Å². The zero-order chi connectivity index (χ0) is 19.1. The number of fused-ring (bicyclic) bond motifs is 3. The van der Waals surface area contributed by atoms with Crippen molar-refractivity contribution in [3.63, 3.8) is 0 Å². The molecule has 0 radical (unpaired) electrons. The molecule has 0 bridgehead atoms. The summed E-state index contributed by atoms with van der Waals surface area (Å²) in [5.74, 6) is 0.227. The summed E-state index contributed by atoms with van der Waals surface area (Å²) in [7, 11) is 0. The lowest BCUT2D eigenvalue weighted by Gasteiger charge is -2.39. The molecule has 0 spiro atoms. The van der Waals surface area contributed by atoms with Crippen molar-refractivity contribution in [3.8, 4) is 5.75 Å². The fourth-order valence-electron chi connectivity index (χ4n) is 3.23. The zero-order valence-corrected chi connectivity index (χ0v) is 14.1. The van der Waals surface area contributed by atoms with Gasteiger partial charge in [0.1, 0.15) is 35.7 Å². The second-order valence-corrected chi connectivity index (χ2v) is 6.41. The van der Waals surface area contributed by atoms with E-state index >= 15 is 0 Å². The number of benzene rings is 2. The first-order chi connectivity index (χ1) is 13.0. The fraction of sp³-hybridized carbons (Fsp3) is 0.316. The number of hydrogen-bond donors (Lipinski definition) is 4. The van der Waals surface area contributed by atoms with Gasteiger partial charge in [-0.25, -0.2) is 4.79 Å². The molecule has 8 heteroatoms. The van der Waals surface area contributed by atoms with Crippen molar-refractivity contribution in [2.45, 2.75) is 30.7 Å². The third kappa shape index (κ3) is 3.07. The predicted octanol–water partition coefficient (Wildman–Crippen LogP) is 0.125. The van der Waals surface area contributed by atoms with Gasteiger partial charge < -0.3 is 34.3 Å². The summed E-state index contributed by atoms with van der Waals surface area (Å²) in [6.45, 7) is -0.552. The highest BCUT2D eigenvalue weighted by Crippen LogP contribution is 2.29. The molecule has 0 unspecified atom stereocenters. The maximum atomic E-state index is 12.1. The highest BCUT2D eigenvalue weighted by molar-refractivity contribution is 6.04. The van der Waals surface area contributed by atoms with Gasteiger partial charge in [0.15, 0.2) is 0 Å². The maximum Gasteiger partial charge on any atom is 0.344 e. The Hall–Kier alpha value is -2.49. The Morgan fingerprint density at radius 2 is 1.67 bits per heavy atom. The lowest BCUT2D eigenvalue weighted by molar-refractivity contribution is -0.277. The molecular formula is C19H18O8. The molecule has 0 amide bonds. The molecule has 1 fully saturated rings. The Bertz CT molecular complexity index is 1030. The van der Waals surface area contributed by atoms with Gasteiger partial charge in [-0.05, 0) is 23.6 Å². The summed E-state index contributed by atoms with van der Waals surface area (Å²) in [5, 5.41) is 40.9. The second kappa shape index (κ2) is 6.91. The number of hydrogen-bond acceptors (Lipinski definition) is 8. The van der Waals surface area contributed by atoms with Crippen LogP contribution >= 0.6 is 0 Å². The molecule has 1 aromatic heterocycles. The van der Waals surface area contributed by atoms with Crippen LogP contribution in [0.4, 0.5) is 0 Å². The molecule has 0 aliphatic carbocycles. The van der Waals surface area contributed by atoms with E-state index in [1.807, 2.05) is 12.1 Å². The number of rotatable bonds is 3. The van der Waals surface area contributed by atoms with Crippen LogP contribution < -0.4 is 10.4 Å². The predicted molar refractivity (Wildman–Crippen MR) is 94.4 cm³/mol. The molecule has 5 atom stereocenters. The summed E-state index contributed by atoms with van der Waals surface area (Å²) in [4.78, 5) is 12.1. The van der Waals surface area contributed by atoms with Crippen LogP contribution in [-0.4, -0.2) is 57.7 Å². The van der Waals surface area contributed by atoms with Gasteiger partial charge >= 0.3 is 5.63 Å². The number of ether oxygens (including phenoxy) is 2. The smallest absolute Gasteiger partial charge is 0.344 e. The summed E-state index contributed by atoms with van der Waals surface area (Å²) in [5.41, 5.74) is -0.191. The largest absolute Gasteiger partial charge is 0.462 e. The van der Waals surface area contributed by atoms with Crippen LogP contribution in [0.5, 0.6) is 5.75 Å². The van der Waals surface area contributed by atoms with Crippen molar-refractivity contribution in [1.82, 2.24) is 0 Å². The third-order valence-corrected chi connectivity index (χ3v) is 4.69. The molecule has 142 valence electrons. The molecule has 0 saturated carbocycles. The van der Waals surface area contributed by atoms with Gasteiger partial charge in [0.05, 0.1) is 12.0 Å². The molecule has 2 aromatic carbocycles. The van der Waals surface area contributed by atoms with Gasteiger partial charge in [0.2, 0.25) is 6.29 Å². The topological polar surface area (TPSA) is 130 Å². The fourth-order valence-corrected chi connectivity index (χ4v) is 3.23. The first-order valence-corrected chi connectivity index (χ1v) is 8.42. The Kier molecular flexibility index (Phi) is 4.58. The molecule has 1 saturated heterocycles. The zero-order valence-electron chi connectivity index (χ0n) is 14.1. The molecule has 8 nitrogen and oxygen atoms in total. The number of aliphatic hydroxyl groups is 4. The molecule has 27 heavy (non-hydrogen) atoms. The van der Waals surface area contributed by atoms with Gasteiger partial charge in [0, 0.05) is 11.5 Å². The van der Waals surface area contributed by atoms with Crippen LogP contribution in [0, 0.1) is 0 Å². The Morgan fingerprint density at radius 3 is 2.41 bits per heavy atom. The normalized spacial score (nSPS) is 28.5. The number of aliphatic hydroxyl groups excluding tert-OH is 4. The van der Waals surface area contributed by atoms with E-state index in [4.69, 9.17) is 13.9 Å². The van der Waals surface area contributed by atoms with Crippen LogP contribution in [0.3, 0.4) is 0 Å². The van der Waals surface area contributed by atoms with E-state index in [9.17, 15) is 25.2 Å². The van der Waals surface area contributed by atoms with Gasteiger partial charge in [-0.15, -0.1) is 0 Å². The highest BCUT2D eigenvalue weighted by Gasteiger charge is 2.44. The highest BCUT2D eigenvalue weighted by atomic mass is 16.7. The van der Waals surface area contributed by atoms with Gasteiger partial charge in [-0.3, -0.25) is 0 Å². The quantitative estimate of drug-likeness (QED) is 0.376. The summed E-state index contributed by atoms with van der Waals surface area (Å²) in [6, 6.07) is 11.9. The second-order valence-electron chi connectivity index (χ2n) is 6.41. The molecule has 1 aliphatic rings. The van der Waals surface area contributed by atoms with E-state index in [-0.39, 0.29) is 5.75 Å². The van der Waals surface area contributed by atoms with Crippen molar-refractivity contribution >= 4 is 21.7 Å². The van der Waals surface area contributed by atoms with E-state index in [2.05, 4.69) is 0 Å².